The molecule has 1 amide bonds. The summed E-state index contributed by atoms with van der Waals surface area (Å²) < 4.78 is 16.0. The Balaban J connectivity index is 1.62. The molecule has 0 bridgehead atoms. The van der Waals surface area contributed by atoms with Gasteiger partial charge in [0.15, 0.2) is 5.82 Å². The van der Waals surface area contributed by atoms with E-state index in [1.165, 1.54) is 6.07 Å². The third-order valence-electron chi connectivity index (χ3n) is 5.11. The van der Waals surface area contributed by atoms with Crippen LogP contribution >= 0.6 is 0 Å². The SMILES string of the molecule is Cc1ccc(F)c2c1N(C(=O)Cc1nnc(-c3ccccc3)n1C)CCC2. The highest BCUT2D eigenvalue weighted by atomic mass is 19.1. The Labute approximate surface area is 157 Å². The van der Waals surface area contributed by atoms with Crippen LogP contribution in [0.5, 0.6) is 0 Å². The van der Waals surface area contributed by atoms with Crippen LogP contribution in [0.4, 0.5) is 10.1 Å². The Morgan fingerprint density at radius 1 is 1.15 bits per heavy atom. The molecule has 6 heteroatoms. The number of rotatable bonds is 3. The normalized spacial score (nSPS) is 13.5. The van der Waals surface area contributed by atoms with Crippen molar-refractivity contribution in [3.05, 3.63) is 65.2 Å². The van der Waals surface area contributed by atoms with Crippen molar-refractivity contribution in [2.75, 3.05) is 11.4 Å². The largest absolute Gasteiger partial charge is 0.314 e. The Bertz CT molecular complexity index is 997. The minimum absolute atomic E-state index is 0.0836. The lowest BCUT2D eigenvalue weighted by Gasteiger charge is -2.31. The van der Waals surface area contributed by atoms with Gasteiger partial charge in [0.2, 0.25) is 5.91 Å². The van der Waals surface area contributed by atoms with E-state index in [-0.39, 0.29) is 18.1 Å². The molecule has 138 valence electrons. The summed E-state index contributed by atoms with van der Waals surface area (Å²) in [6.45, 7) is 2.51. The zero-order valence-corrected chi connectivity index (χ0v) is 15.4. The van der Waals surface area contributed by atoms with E-state index in [0.717, 1.165) is 29.1 Å². The molecule has 0 unspecified atom stereocenters. The molecule has 0 fully saturated rings. The zero-order valence-electron chi connectivity index (χ0n) is 15.4. The van der Waals surface area contributed by atoms with E-state index in [9.17, 15) is 9.18 Å². The van der Waals surface area contributed by atoms with E-state index in [4.69, 9.17) is 0 Å². The summed E-state index contributed by atoms with van der Waals surface area (Å²) in [6, 6.07) is 13.0. The molecule has 4 rings (SSSR count). The fraction of sp³-hybridized carbons (Fsp3) is 0.286. The number of carbonyl (C=O) groups excluding carboxylic acids is 1. The van der Waals surface area contributed by atoms with Gasteiger partial charge in [-0.1, -0.05) is 36.4 Å². The van der Waals surface area contributed by atoms with Crippen molar-refractivity contribution in [2.45, 2.75) is 26.2 Å². The molecular formula is C21H21FN4O. The van der Waals surface area contributed by atoms with Crippen LogP contribution in [-0.4, -0.2) is 27.2 Å². The lowest BCUT2D eigenvalue weighted by Crippen LogP contribution is -2.38. The molecule has 1 aliphatic heterocycles. The van der Waals surface area contributed by atoms with Crippen LogP contribution in [0.1, 0.15) is 23.4 Å². The summed E-state index contributed by atoms with van der Waals surface area (Å²) >= 11 is 0. The molecule has 27 heavy (non-hydrogen) atoms. The predicted octanol–water partition coefficient (Wildman–Crippen LogP) is 3.45. The molecule has 0 N–H and O–H groups in total. The quantitative estimate of drug-likeness (QED) is 0.715. The van der Waals surface area contributed by atoms with E-state index in [1.54, 1.807) is 11.0 Å². The van der Waals surface area contributed by atoms with Gasteiger partial charge in [0, 0.05) is 24.7 Å². The molecule has 0 saturated heterocycles. The number of benzene rings is 2. The van der Waals surface area contributed by atoms with Crippen molar-refractivity contribution in [1.82, 2.24) is 14.8 Å². The second-order valence-corrected chi connectivity index (χ2v) is 6.88. The van der Waals surface area contributed by atoms with Crippen LogP contribution in [0, 0.1) is 12.7 Å². The monoisotopic (exact) mass is 364 g/mol. The highest BCUT2D eigenvalue weighted by Gasteiger charge is 2.27. The molecular weight excluding hydrogens is 343 g/mol. The van der Waals surface area contributed by atoms with E-state index < -0.39 is 0 Å². The maximum absolute atomic E-state index is 14.2. The van der Waals surface area contributed by atoms with E-state index in [1.807, 2.05) is 48.9 Å². The minimum Gasteiger partial charge on any atom is -0.314 e. The average molecular weight is 364 g/mol. The summed E-state index contributed by atoms with van der Waals surface area (Å²) in [4.78, 5) is 14.7. The molecule has 0 atom stereocenters. The lowest BCUT2D eigenvalue weighted by molar-refractivity contribution is -0.118. The summed E-state index contributed by atoms with van der Waals surface area (Å²) in [5, 5.41) is 8.46. The fourth-order valence-corrected chi connectivity index (χ4v) is 3.70. The van der Waals surface area contributed by atoms with E-state index in [2.05, 4.69) is 10.2 Å². The number of aromatic nitrogens is 3. The van der Waals surface area contributed by atoms with Gasteiger partial charge in [-0.15, -0.1) is 10.2 Å². The fourth-order valence-electron chi connectivity index (χ4n) is 3.70. The molecule has 0 spiro atoms. The first-order valence-electron chi connectivity index (χ1n) is 9.08. The maximum atomic E-state index is 14.2. The third-order valence-corrected chi connectivity index (χ3v) is 5.11. The molecule has 2 heterocycles. The van der Waals surface area contributed by atoms with Crippen LogP contribution in [0.15, 0.2) is 42.5 Å². The molecule has 1 aromatic heterocycles. The number of nitrogens with zero attached hydrogens (tertiary/aromatic N) is 4. The first-order valence-corrected chi connectivity index (χ1v) is 9.08. The molecule has 0 aliphatic carbocycles. The first-order chi connectivity index (χ1) is 13.1. The van der Waals surface area contributed by atoms with Gasteiger partial charge in [0.25, 0.3) is 0 Å². The Morgan fingerprint density at radius 2 is 1.93 bits per heavy atom. The molecule has 3 aromatic rings. The van der Waals surface area contributed by atoms with Crippen LogP contribution < -0.4 is 4.90 Å². The van der Waals surface area contributed by atoms with Gasteiger partial charge in [-0.3, -0.25) is 4.79 Å². The van der Waals surface area contributed by atoms with Gasteiger partial charge < -0.3 is 9.47 Å². The Hall–Kier alpha value is -3.02. The van der Waals surface area contributed by atoms with Gasteiger partial charge >= 0.3 is 0 Å². The minimum atomic E-state index is -0.238. The third kappa shape index (κ3) is 3.12. The standard InChI is InChI=1S/C21H21FN4O/c1-14-10-11-17(22)16-9-6-12-26(20(14)16)19(27)13-18-23-24-21(25(18)2)15-7-4-3-5-8-15/h3-5,7-8,10-11H,6,9,12-13H2,1-2H3. The number of amides is 1. The van der Waals surface area contributed by atoms with Crippen molar-refractivity contribution in [3.8, 4) is 11.4 Å². The van der Waals surface area contributed by atoms with Gasteiger partial charge in [-0.2, -0.15) is 0 Å². The van der Waals surface area contributed by atoms with Gasteiger partial charge in [0.1, 0.15) is 11.6 Å². The van der Waals surface area contributed by atoms with Gasteiger partial charge in [-0.05, 0) is 31.4 Å². The van der Waals surface area contributed by atoms with E-state index in [0.29, 0.717) is 24.4 Å². The number of anilines is 1. The number of aryl methyl sites for hydroxylation is 1. The number of halogens is 1. The van der Waals surface area contributed by atoms with Crippen molar-refractivity contribution >= 4 is 11.6 Å². The zero-order chi connectivity index (χ0) is 19.0. The number of fused-ring (bicyclic) bond motifs is 1. The molecule has 0 radical (unpaired) electrons. The molecule has 1 aliphatic rings. The highest BCUT2D eigenvalue weighted by molar-refractivity contribution is 5.96. The first kappa shape index (κ1) is 17.4. The van der Waals surface area contributed by atoms with E-state index >= 15 is 0 Å². The summed E-state index contributed by atoms with van der Waals surface area (Å²) in [5.41, 5.74) is 3.23. The highest BCUT2D eigenvalue weighted by Crippen LogP contribution is 2.33. The summed E-state index contributed by atoms with van der Waals surface area (Å²) in [6.07, 6.45) is 1.55. The van der Waals surface area contributed by atoms with Crippen LogP contribution in [0.3, 0.4) is 0 Å². The van der Waals surface area contributed by atoms with Crippen molar-refractivity contribution < 1.29 is 9.18 Å². The molecule has 0 saturated carbocycles. The molecule has 5 nitrogen and oxygen atoms in total. The van der Waals surface area contributed by atoms with Crippen molar-refractivity contribution in [1.29, 1.82) is 0 Å². The van der Waals surface area contributed by atoms with Crippen molar-refractivity contribution in [2.24, 2.45) is 7.05 Å². The van der Waals surface area contributed by atoms with Crippen LogP contribution in [0.25, 0.3) is 11.4 Å². The number of carbonyl (C=O) groups is 1. The second kappa shape index (κ2) is 6.95. The topological polar surface area (TPSA) is 51.0 Å². The summed E-state index contributed by atoms with van der Waals surface area (Å²) in [5.74, 6) is 0.998. The van der Waals surface area contributed by atoms with Crippen LogP contribution in [-0.2, 0) is 24.7 Å². The smallest absolute Gasteiger partial charge is 0.234 e. The van der Waals surface area contributed by atoms with Crippen molar-refractivity contribution in [3.63, 3.8) is 0 Å². The van der Waals surface area contributed by atoms with Gasteiger partial charge in [0.05, 0.1) is 12.1 Å². The Morgan fingerprint density at radius 3 is 2.70 bits per heavy atom. The Kier molecular flexibility index (Phi) is 4.48. The number of hydrogen-bond acceptors (Lipinski definition) is 3. The lowest BCUT2D eigenvalue weighted by atomic mass is 9.97. The number of hydrogen-bond donors (Lipinski definition) is 0. The predicted molar refractivity (Wildman–Crippen MR) is 102 cm³/mol. The second-order valence-electron chi connectivity index (χ2n) is 6.88. The van der Waals surface area contributed by atoms with Crippen LogP contribution in [0.2, 0.25) is 0 Å². The maximum Gasteiger partial charge on any atom is 0.234 e. The van der Waals surface area contributed by atoms with Gasteiger partial charge in [-0.25, -0.2) is 4.39 Å². The summed E-state index contributed by atoms with van der Waals surface area (Å²) in [7, 11) is 1.86. The average Bonchev–Trinajstić information content (AvgIpc) is 3.05. The molecule has 2 aromatic carbocycles.